The van der Waals surface area contributed by atoms with E-state index < -0.39 is 17.1 Å². The van der Waals surface area contributed by atoms with E-state index in [1.807, 2.05) is 6.92 Å². The zero-order chi connectivity index (χ0) is 15.7. The topological polar surface area (TPSA) is 92.2 Å². The Labute approximate surface area is 124 Å². The summed E-state index contributed by atoms with van der Waals surface area (Å²) < 4.78 is 5.22. The van der Waals surface area contributed by atoms with Crippen LogP contribution in [0.4, 0.5) is 0 Å². The summed E-state index contributed by atoms with van der Waals surface area (Å²) in [6.07, 6.45) is 0.754. The highest BCUT2D eigenvalue weighted by Crippen LogP contribution is 2.19. The number of aromatic amines is 1. The third kappa shape index (κ3) is 2.28. The number of carbonyl (C=O) groups is 1. The number of aromatic nitrogens is 1. The smallest absolute Gasteiger partial charge is 0.345 e. The fourth-order valence-electron chi connectivity index (χ4n) is 2.32. The van der Waals surface area contributed by atoms with Crippen molar-refractivity contribution in [2.24, 2.45) is 0 Å². The Morgan fingerprint density at radius 1 is 1.23 bits per heavy atom. The minimum Gasteiger partial charge on any atom is -0.422 e. The van der Waals surface area contributed by atoms with Crippen molar-refractivity contribution in [3.05, 3.63) is 56.7 Å². The van der Waals surface area contributed by atoms with Crippen molar-refractivity contribution >= 4 is 27.8 Å². The molecular weight excluding hydrogens is 284 g/mol. The van der Waals surface area contributed by atoms with Crippen molar-refractivity contribution in [1.82, 2.24) is 10.3 Å². The predicted molar refractivity (Wildman–Crippen MR) is 83.2 cm³/mol. The second kappa shape index (κ2) is 5.48. The molecule has 0 aliphatic heterocycles. The van der Waals surface area contributed by atoms with Crippen LogP contribution in [0.2, 0.25) is 0 Å². The molecule has 0 unspecified atom stereocenters. The lowest BCUT2D eigenvalue weighted by Gasteiger charge is -2.05. The van der Waals surface area contributed by atoms with Gasteiger partial charge in [0.05, 0.1) is 10.9 Å². The first-order valence-electron chi connectivity index (χ1n) is 6.99. The summed E-state index contributed by atoms with van der Waals surface area (Å²) in [5, 5.41) is 3.42. The van der Waals surface area contributed by atoms with E-state index in [2.05, 4.69) is 10.3 Å². The Balaban J connectivity index is 2.28. The second-order valence-corrected chi connectivity index (χ2v) is 4.94. The standard InChI is InChI=1S/C16H14N2O4/c1-2-7-17-14(19)11-8-10-13(18-15(11)20)9-5-3-4-6-12(9)22-16(10)21/h3-6,8H,2,7H2,1H3,(H,17,19)(H,18,20). The number of H-pyrrole nitrogens is 1. The van der Waals surface area contributed by atoms with Gasteiger partial charge in [-0.1, -0.05) is 19.1 Å². The molecule has 0 spiro atoms. The SMILES string of the molecule is CCCNC(=O)c1cc2c(=O)oc3ccccc3c2[nH]c1=O. The maximum absolute atomic E-state index is 12.1. The Morgan fingerprint density at radius 3 is 2.77 bits per heavy atom. The van der Waals surface area contributed by atoms with Crippen LogP contribution in [0.5, 0.6) is 0 Å². The summed E-state index contributed by atoms with van der Waals surface area (Å²) in [6, 6.07) is 8.20. The van der Waals surface area contributed by atoms with Crippen molar-refractivity contribution in [2.45, 2.75) is 13.3 Å². The molecule has 3 rings (SSSR count). The lowest BCUT2D eigenvalue weighted by Crippen LogP contribution is -2.30. The first-order chi connectivity index (χ1) is 10.6. The molecule has 0 fully saturated rings. The van der Waals surface area contributed by atoms with Crippen molar-refractivity contribution in [1.29, 1.82) is 0 Å². The summed E-state index contributed by atoms with van der Waals surface area (Å²) in [5.41, 5.74) is -0.447. The number of hydrogen-bond acceptors (Lipinski definition) is 4. The van der Waals surface area contributed by atoms with E-state index in [9.17, 15) is 14.4 Å². The van der Waals surface area contributed by atoms with Gasteiger partial charge < -0.3 is 14.7 Å². The Hall–Kier alpha value is -2.89. The number of nitrogens with one attached hydrogen (secondary N) is 2. The molecule has 0 saturated heterocycles. The van der Waals surface area contributed by atoms with E-state index in [0.29, 0.717) is 23.0 Å². The average Bonchev–Trinajstić information content (AvgIpc) is 2.52. The maximum atomic E-state index is 12.1. The number of carbonyl (C=O) groups excluding carboxylic acids is 1. The van der Waals surface area contributed by atoms with Crippen molar-refractivity contribution in [3.8, 4) is 0 Å². The van der Waals surface area contributed by atoms with Gasteiger partial charge in [0.1, 0.15) is 11.1 Å². The van der Waals surface area contributed by atoms with Gasteiger partial charge in [0, 0.05) is 11.9 Å². The minimum absolute atomic E-state index is 0.0940. The first-order valence-corrected chi connectivity index (χ1v) is 6.99. The molecule has 0 radical (unpaired) electrons. The lowest BCUT2D eigenvalue weighted by molar-refractivity contribution is 0.0952. The van der Waals surface area contributed by atoms with Crippen LogP contribution in [0.15, 0.2) is 44.3 Å². The molecule has 1 aromatic carbocycles. The monoisotopic (exact) mass is 298 g/mol. The zero-order valence-electron chi connectivity index (χ0n) is 11.9. The number of hydrogen-bond donors (Lipinski definition) is 2. The highest BCUT2D eigenvalue weighted by molar-refractivity contribution is 6.04. The van der Waals surface area contributed by atoms with Gasteiger partial charge in [-0.15, -0.1) is 0 Å². The molecule has 0 saturated carbocycles. The summed E-state index contributed by atoms with van der Waals surface area (Å²) in [7, 11) is 0. The third-order valence-corrected chi connectivity index (χ3v) is 3.40. The summed E-state index contributed by atoms with van der Waals surface area (Å²) in [6.45, 7) is 2.37. The van der Waals surface area contributed by atoms with Crippen LogP contribution < -0.4 is 16.5 Å². The number of rotatable bonds is 3. The number of pyridine rings is 1. The molecule has 0 bridgehead atoms. The Bertz CT molecular complexity index is 985. The fraction of sp³-hybridized carbons (Fsp3) is 0.188. The number of amides is 1. The second-order valence-electron chi connectivity index (χ2n) is 4.94. The predicted octanol–water partition coefficient (Wildman–Crippen LogP) is 1.77. The van der Waals surface area contributed by atoms with Gasteiger partial charge in [-0.25, -0.2) is 4.79 Å². The van der Waals surface area contributed by atoms with Crippen LogP contribution in [0.1, 0.15) is 23.7 Å². The molecular formula is C16H14N2O4. The molecule has 2 heterocycles. The maximum Gasteiger partial charge on any atom is 0.345 e. The van der Waals surface area contributed by atoms with Gasteiger partial charge in [-0.3, -0.25) is 9.59 Å². The van der Waals surface area contributed by atoms with Gasteiger partial charge in [0.25, 0.3) is 11.5 Å². The number of benzene rings is 1. The van der Waals surface area contributed by atoms with Crippen molar-refractivity contribution in [2.75, 3.05) is 6.54 Å². The largest absolute Gasteiger partial charge is 0.422 e. The van der Waals surface area contributed by atoms with Crippen LogP contribution in [0.3, 0.4) is 0 Å². The number of para-hydroxylation sites is 1. The fourth-order valence-corrected chi connectivity index (χ4v) is 2.32. The van der Waals surface area contributed by atoms with Gasteiger partial charge in [0.15, 0.2) is 0 Å². The first kappa shape index (κ1) is 14.1. The average molecular weight is 298 g/mol. The molecule has 112 valence electrons. The van der Waals surface area contributed by atoms with Crippen LogP contribution in [-0.2, 0) is 0 Å². The molecule has 0 aliphatic carbocycles. The Kier molecular flexibility index (Phi) is 3.50. The van der Waals surface area contributed by atoms with Gasteiger partial charge in [0.2, 0.25) is 0 Å². The summed E-state index contributed by atoms with van der Waals surface area (Å²) in [4.78, 5) is 38.8. The summed E-state index contributed by atoms with van der Waals surface area (Å²) in [5.74, 6) is -0.502. The highest BCUT2D eigenvalue weighted by Gasteiger charge is 2.15. The quantitative estimate of drug-likeness (QED) is 0.569. The van der Waals surface area contributed by atoms with Gasteiger partial charge >= 0.3 is 5.63 Å². The van der Waals surface area contributed by atoms with Crippen LogP contribution >= 0.6 is 0 Å². The lowest BCUT2D eigenvalue weighted by atomic mass is 10.1. The van der Waals surface area contributed by atoms with Crippen molar-refractivity contribution in [3.63, 3.8) is 0 Å². The van der Waals surface area contributed by atoms with Crippen LogP contribution in [-0.4, -0.2) is 17.4 Å². The molecule has 2 N–H and O–H groups in total. The molecule has 6 heteroatoms. The molecule has 1 amide bonds. The van der Waals surface area contributed by atoms with E-state index in [1.54, 1.807) is 24.3 Å². The van der Waals surface area contributed by atoms with Gasteiger partial charge in [-0.05, 0) is 24.6 Å². The van der Waals surface area contributed by atoms with E-state index in [4.69, 9.17) is 4.42 Å². The Morgan fingerprint density at radius 2 is 2.00 bits per heavy atom. The minimum atomic E-state index is -0.588. The van der Waals surface area contributed by atoms with Gasteiger partial charge in [-0.2, -0.15) is 0 Å². The van der Waals surface area contributed by atoms with Crippen LogP contribution in [0.25, 0.3) is 21.9 Å². The van der Waals surface area contributed by atoms with E-state index >= 15 is 0 Å². The van der Waals surface area contributed by atoms with Crippen LogP contribution in [0, 0.1) is 0 Å². The summed E-state index contributed by atoms with van der Waals surface area (Å²) >= 11 is 0. The molecule has 3 aromatic rings. The molecule has 2 aromatic heterocycles. The van der Waals surface area contributed by atoms with E-state index in [1.165, 1.54) is 6.07 Å². The zero-order valence-corrected chi connectivity index (χ0v) is 11.9. The van der Waals surface area contributed by atoms with E-state index in [-0.39, 0.29) is 10.9 Å². The normalized spacial score (nSPS) is 11.0. The number of fused-ring (bicyclic) bond motifs is 3. The molecule has 22 heavy (non-hydrogen) atoms. The molecule has 6 nitrogen and oxygen atoms in total. The van der Waals surface area contributed by atoms with Crippen molar-refractivity contribution < 1.29 is 9.21 Å². The van der Waals surface area contributed by atoms with E-state index in [0.717, 1.165) is 6.42 Å². The molecule has 0 atom stereocenters. The molecule has 0 aliphatic rings. The highest BCUT2D eigenvalue weighted by atomic mass is 16.4. The third-order valence-electron chi connectivity index (χ3n) is 3.40.